The molecule has 2 aliphatic heterocycles. The summed E-state index contributed by atoms with van der Waals surface area (Å²) in [5, 5.41) is 2.65. The van der Waals surface area contributed by atoms with Crippen molar-refractivity contribution in [1.82, 2.24) is 0 Å². The highest BCUT2D eigenvalue weighted by atomic mass is 16.6. The number of ketones is 1. The van der Waals surface area contributed by atoms with E-state index in [4.69, 9.17) is 23.7 Å². The quantitative estimate of drug-likeness (QED) is 0.428. The Morgan fingerprint density at radius 2 is 1.31 bits per heavy atom. The Morgan fingerprint density at radius 1 is 0.714 bits per heavy atom. The summed E-state index contributed by atoms with van der Waals surface area (Å²) in [6.07, 6.45) is 0. The third-order valence-electron chi connectivity index (χ3n) is 5.36. The fourth-order valence-electron chi connectivity index (χ4n) is 3.73. The molecule has 0 spiro atoms. The average molecular weight is 475 g/mol. The molecule has 3 aromatic rings. The van der Waals surface area contributed by atoms with E-state index in [2.05, 4.69) is 5.32 Å². The van der Waals surface area contributed by atoms with Gasteiger partial charge in [0.05, 0.1) is 5.56 Å². The van der Waals surface area contributed by atoms with E-state index in [0.29, 0.717) is 60.7 Å². The van der Waals surface area contributed by atoms with Gasteiger partial charge < -0.3 is 29.0 Å². The second kappa shape index (κ2) is 9.76. The molecule has 1 N–H and O–H groups in total. The van der Waals surface area contributed by atoms with Gasteiger partial charge in [0.2, 0.25) is 0 Å². The van der Waals surface area contributed by atoms with Gasteiger partial charge in [-0.3, -0.25) is 9.59 Å². The zero-order valence-corrected chi connectivity index (χ0v) is 18.6. The van der Waals surface area contributed by atoms with E-state index in [1.165, 1.54) is 12.1 Å². The fraction of sp³-hybridized carbons (Fsp3) is 0.192. The standard InChI is InChI=1S/C26H21NO8/c28-24(27-17-6-8-21-23(14-17)34-12-10-32-21)15-35-26(30)19-4-2-1-3-18(19)25(29)16-5-7-20-22(13-16)33-11-9-31-20/h1-8,13-14H,9-12,15H2,(H,27,28). The molecule has 0 aliphatic carbocycles. The summed E-state index contributed by atoms with van der Waals surface area (Å²) in [6, 6.07) is 16.1. The van der Waals surface area contributed by atoms with Crippen LogP contribution in [0.25, 0.3) is 0 Å². The monoisotopic (exact) mass is 475 g/mol. The lowest BCUT2D eigenvalue weighted by molar-refractivity contribution is -0.119. The van der Waals surface area contributed by atoms with Crippen LogP contribution in [0.15, 0.2) is 60.7 Å². The molecule has 0 aromatic heterocycles. The predicted octanol–water partition coefficient (Wildman–Crippen LogP) is 3.26. The lowest BCUT2D eigenvalue weighted by Gasteiger charge is -2.19. The van der Waals surface area contributed by atoms with Crippen LogP contribution in [0.4, 0.5) is 5.69 Å². The van der Waals surface area contributed by atoms with Crippen molar-refractivity contribution in [1.29, 1.82) is 0 Å². The molecular formula is C26H21NO8. The van der Waals surface area contributed by atoms with Crippen LogP contribution >= 0.6 is 0 Å². The van der Waals surface area contributed by atoms with Gasteiger partial charge in [-0.2, -0.15) is 0 Å². The summed E-state index contributed by atoms with van der Waals surface area (Å²) < 4.78 is 27.2. The highest BCUT2D eigenvalue weighted by Gasteiger charge is 2.22. The zero-order valence-electron chi connectivity index (χ0n) is 18.6. The van der Waals surface area contributed by atoms with E-state index in [-0.39, 0.29) is 16.9 Å². The van der Waals surface area contributed by atoms with Crippen LogP contribution in [0.2, 0.25) is 0 Å². The summed E-state index contributed by atoms with van der Waals surface area (Å²) in [6.45, 7) is 1.19. The smallest absolute Gasteiger partial charge is 0.339 e. The normalized spacial score (nSPS) is 13.5. The molecule has 2 aliphatic rings. The molecule has 9 heteroatoms. The summed E-state index contributed by atoms with van der Waals surface area (Å²) in [7, 11) is 0. The van der Waals surface area contributed by atoms with Crippen LogP contribution in [0.5, 0.6) is 23.0 Å². The van der Waals surface area contributed by atoms with E-state index in [9.17, 15) is 14.4 Å². The molecule has 0 bridgehead atoms. The van der Waals surface area contributed by atoms with Gasteiger partial charge in [0.15, 0.2) is 35.4 Å². The molecule has 2 heterocycles. The van der Waals surface area contributed by atoms with Crippen molar-refractivity contribution in [2.24, 2.45) is 0 Å². The van der Waals surface area contributed by atoms with E-state index in [0.717, 1.165) is 0 Å². The topological polar surface area (TPSA) is 109 Å². The third kappa shape index (κ3) is 4.89. The van der Waals surface area contributed by atoms with Crippen molar-refractivity contribution in [3.8, 4) is 23.0 Å². The predicted molar refractivity (Wildman–Crippen MR) is 124 cm³/mol. The van der Waals surface area contributed by atoms with Gasteiger partial charge in [0.1, 0.15) is 26.4 Å². The summed E-state index contributed by atoms with van der Waals surface area (Å²) in [4.78, 5) is 38.2. The maximum absolute atomic E-state index is 13.1. The van der Waals surface area contributed by atoms with Gasteiger partial charge in [-0.1, -0.05) is 18.2 Å². The maximum atomic E-state index is 13.1. The second-order valence-electron chi connectivity index (χ2n) is 7.72. The van der Waals surface area contributed by atoms with Crippen LogP contribution < -0.4 is 24.3 Å². The number of hydrogen-bond donors (Lipinski definition) is 1. The minimum atomic E-state index is -0.788. The number of nitrogens with one attached hydrogen (secondary N) is 1. The third-order valence-corrected chi connectivity index (χ3v) is 5.36. The van der Waals surface area contributed by atoms with Crippen LogP contribution in [0.3, 0.4) is 0 Å². The molecule has 0 radical (unpaired) electrons. The Bertz CT molecular complexity index is 1300. The van der Waals surface area contributed by atoms with E-state index in [1.54, 1.807) is 48.5 Å². The van der Waals surface area contributed by atoms with Gasteiger partial charge in [0, 0.05) is 22.9 Å². The molecule has 5 rings (SSSR count). The average Bonchev–Trinajstić information content (AvgIpc) is 2.91. The van der Waals surface area contributed by atoms with Crippen molar-refractivity contribution >= 4 is 23.3 Å². The van der Waals surface area contributed by atoms with Crippen LogP contribution in [0.1, 0.15) is 26.3 Å². The summed E-state index contributed by atoms with van der Waals surface area (Å²) in [5.74, 6) is 0.449. The molecule has 1 amide bonds. The van der Waals surface area contributed by atoms with Crippen molar-refractivity contribution < 1.29 is 38.1 Å². The number of hydrogen-bond acceptors (Lipinski definition) is 8. The van der Waals surface area contributed by atoms with Crippen LogP contribution in [-0.2, 0) is 9.53 Å². The number of carbonyl (C=O) groups excluding carboxylic acids is 3. The highest BCUT2D eigenvalue weighted by molar-refractivity contribution is 6.14. The molecule has 0 unspecified atom stereocenters. The number of benzene rings is 3. The minimum Gasteiger partial charge on any atom is -0.486 e. The summed E-state index contributed by atoms with van der Waals surface area (Å²) in [5.41, 5.74) is 1.02. The molecule has 178 valence electrons. The molecular weight excluding hydrogens is 454 g/mol. The van der Waals surface area contributed by atoms with E-state index in [1.807, 2.05) is 0 Å². The maximum Gasteiger partial charge on any atom is 0.339 e. The number of rotatable bonds is 6. The van der Waals surface area contributed by atoms with Gasteiger partial charge in [-0.15, -0.1) is 0 Å². The van der Waals surface area contributed by atoms with Crippen molar-refractivity contribution in [3.63, 3.8) is 0 Å². The molecule has 0 fully saturated rings. The van der Waals surface area contributed by atoms with Gasteiger partial charge in [-0.05, 0) is 36.4 Å². The highest BCUT2D eigenvalue weighted by Crippen LogP contribution is 2.33. The Morgan fingerprint density at radius 3 is 2.03 bits per heavy atom. The number of esters is 1. The number of carbonyl (C=O) groups is 3. The number of ether oxygens (including phenoxy) is 5. The van der Waals surface area contributed by atoms with Gasteiger partial charge in [0.25, 0.3) is 5.91 Å². The Hall–Kier alpha value is -4.53. The second-order valence-corrected chi connectivity index (χ2v) is 7.72. The summed E-state index contributed by atoms with van der Waals surface area (Å²) >= 11 is 0. The number of amides is 1. The molecule has 9 nitrogen and oxygen atoms in total. The number of fused-ring (bicyclic) bond motifs is 2. The minimum absolute atomic E-state index is 0.0551. The SMILES string of the molecule is O=C(COC(=O)c1ccccc1C(=O)c1ccc2c(c1)OCCO2)Nc1ccc2c(c1)OCCO2. The first-order valence-corrected chi connectivity index (χ1v) is 11.0. The van der Waals surface area contributed by atoms with Crippen LogP contribution in [0, 0.1) is 0 Å². The van der Waals surface area contributed by atoms with Crippen LogP contribution in [-0.4, -0.2) is 50.7 Å². The molecule has 3 aromatic carbocycles. The van der Waals surface area contributed by atoms with Crippen molar-refractivity contribution in [2.45, 2.75) is 0 Å². The Balaban J connectivity index is 1.25. The number of anilines is 1. The first-order valence-electron chi connectivity index (χ1n) is 11.0. The Labute approximate surface area is 200 Å². The first-order chi connectivity index (χ1) is 17.1. The lowest BCUT2D eigenvalue weighted by atomic mass is 9.98. The lowest BCUT2D eigenvalue weighted by Crippen LogP contribution is -2.22. The fourth-order valence-corrected chi connectivity index (χ4v) is 3.73. The molecule has 0 atom stereocenters. The zero-order chi connectivity index (χ0) is 24.2. The van der Waals surface area contributed by atoms with E-state index < -0.39 is 18.5 Å². The first kappa shape index (κ1) is 22.3. The van der Waals surface area contributed by atoms with Gasteiger partial charge in [-0.25, -0.2) is 4.79 Å². The van der Waals surface area contributed by atoms with Crippen molar-refractivity contribution in [2.75, 3.05) is 38.4 Å². The van der Waals surface area contributed by atoms with Gasteiger partial charge >= 0.3 is 5.97 Å². The molecule has 35 heavy (non-hydrogen) atoms. The molecule has 0 saturated carbocycles. The Kier molecular flexibility index (Phi) is 6.21. The van der Waals surface area contributed by atoms with Crippen molar-refractivity contribution in [3.05, 3.63) is 77.4 Å². The largest absolute Gasteiger partial charge is 0.486 e. The van der Waals surface area contributed by atoms with E-state index >= 15 is 0 Å². The molecule has 0 saturated heterocycles.